The predicted octanol–water partition coefficient (Wildman–Crippen LogP) is 10.2. The van der Waals surface area contributed by atoms with Crippen molar-refractivity contribution in [2.75, 3.05) is 0 Å². The molecule has 1 heteroatoms. The molecule has 2 aliphatic rings. The minimum absolute atomic E-state index is 0.304. The molecular weight excluding hydrogens is 500 g/mol. The van der Waals surface area contributed by atoms with E-state index in [9.17, 15) is 0 Å². The maximum atomic E-state index is 2.45. The first kappa shape index (κ1) is 22.4. The molecule has 0 nitrogen and oxygen atoms in total. The van der Waals surface area contributed by atoms with Gasteiger partial charge in [0.2, 0.25) is 0 Å². The third-order valence-electron chi connectivity index (χ3n) is 9.26. The number of fused-ring (bicyclic) bond motifs is 12. The van der Waals surface area contributed by atoms with E-state index in [-0.39, 0.29) is 5.41 Å². The molecule has 1 aromatic heterocycles. The summed E-state index contributed by atoms with van der Waals surface area (Å²) in [6, 6.07) is 50.4. The quantitative estimate of drug-likeness (QED) is 0.200. The molecule has 0 atom stereocenters. The van der Waals surface area contributed by atoms with E-state index in [2.05, 4.69) is 133 Å². The Balaban J connectivity index is 1.34. The van der Waals surface area contributed by atoms with Gasteiger partial charge in [-0.3, -0.25) is 0 Å². The Labute approximate surface area is 238 Å². The van der Waals surface area contributed by atoms with Crippen LogP contribution >= 0.6 is 11.3 Å². The van der Waals surface area contributed by atoms with Gasteiger partial charge in [-0.05, 0) is 92.7 Å². The predicted molar refractivity (Wildman–Crippen MR) is 169 cm³/mol. The Morgan fingerprint density at radius 2 is 1.00 bits per heavy atom. The van der Waals surface area contributed by atoms with Crippen LogP contribution in [0.15, 0.2) is 133 Å². The average molecular weight is 527 g/mol. The van der Waals surface area contributed by atoms with Gasteiger partial charge in [0.05, 0.1) is 5.41 Å². The lowest BCUT2D eigenvalue weighted by Crippen LogP contribution is -2.29. The van der Waals surface area contributed by atoms with Crippen LogP contribution in [0.5, 0.6) is 0 Å². The SMILES string of the molecule is c1ccc2c(c1)CCc1ccccc1C21c2ccccc2-c2cc(-c3ccc4sc5ccccc5c4c3)ccc21. The van der Waals surface area contributed by atoms with Gasteiger partial charge in [0.25, 0.3) is 0 Å². The van der Waals surface area contributed by atoms with Crippen molar-refractivity contribution < 1.29 is 0 Å². The monoisotopic (exact) mass is 526 g/mol. The molecule has 0 bridgehead atoms. The van der Waals surface area contributed by atoms with E-state index in [0.29, 0.717) is 0 Å². The van der Waals surface area contributed by atoms with Crippen LogP contribution in [0.3, 0.4) is 0 Å². The molecule has 7 aromatic rings. The lowest BCUT2D eigenvalue weighted by molar-refractivity contribution is 0.762. The highest BCUT2D eigenvalue weighted by Crippen LogP contribution is 2.58. The van der Waals surface area contributed by atoms with Crippen LogP contribution in [-0.2, 0) is 18.3 Å². The minimum Gasteiger partial charge on any atom is -0.135 e. The highest BCUT2D eigenvalue weighted by molar-refractivity contribution is 7.25. The van der Waals surface area contributed by atoms with Crippen LogP contribution in [0.1, 0.15) is 33.4 Å². The zero-order valence-corrected chi connectivity index (χ0v) is 22.8. The lowest BCUT2D eigenvalue weighted by Gasteiger charge is -2.35. The summed E-state index contributed by atoms with van der Waals surface area (Å²) in [7, 11) is 0. The molecule has 0 fully saturated rings. The van der Waals surface area contributed by atoms with Gasteiger partial charge in [0.1, 0.15) is 0 Å². The molecule has 1 spiro atoms. The van der Waals surface area contributed by atoms with Crippen molar-refractivity contribution in [3.05, 3.63) is 167 Å². The molecule has 2 aliphatic carbocycles. The number of hydrogen-bond acceptors (Lipinski definition) is 1. The third kappa shape index (κ3) is 2.91. The van der Waals surface area contributed by atoms with E-state index in [0.717, 1.165) is 12.8 Å². The molecule has 0 N–H and O–H groups in total. The summed E-state index contributed by atoms with van der Waals surface area (Å²) in [5, 5.41) is 2.70. The molecule has 40 heavy (non-hydrogen) atoms. The average Bonchev–Trinajstić information content (AvgIpc) is 3.48. The van der Waals surface area contributed by atoms with Crippen LogP contribution in [0.2, 0.25) is 0 Å². The van der Waals surface area contributed by atoms with E-state index in [1.54, 1.807) is 0 Å². The normalized spacial score (nSPS) is 14.5. The Morgan fingerprint density at radius 3 is 1.80 bits per heavy atom. The number of thiophene rings is 1. The van der Waals surface area contributed by atoms with E-state index in [1.165, 1.54) is 75.8 Å². The second-order valence-electron chi connectivity index (χ2n) is 11.2. The molecule has 0 unspecified atom stereocenters. The van der Waals surface area contributed by atoms with Crippen molar-refractivity contribution in [2.24, 2.45) is 0 Å². The topological polar surface area (TPSA) is 0 Å². The maximum Gasteiger partial charge on any atom is 0.0718 e. The van der Waals surface area contributed by atoms with Gasteiger partial charge >= 0.3 is 0 Å². The largest absolute Gasteiger partial charge is 0.135 e. The lowest BCUT2D eigenvalue weighted by atomic mass is 9.66. The fourth-order valence-electron chi connectivity index (χ4n) is 7.57. The Morgan fingerprint density at radius 1 is 0.425 bits per heavy atom. The first-order valence-electron chi connectivity index (χ1n) is 14.2. The van der Waals surface area contributed by atoms with Crippen molar-refractivity contribution >= 4 is 31.5 Å². The Hall–Kier alpha value is -4.46. The second-order valence-corrected chi connectivity index (χ2v) is 12.3. The van der Waals surface area contributed by atoms with Gasteiger partial charge in [-0.15, -0.1) is 11.3 Å². The maximum absolute atomic E-state index is 2.45. The highest BCUT2D eigenvalue weighted by atomic mass is 32.1. The highest BCUT2D eigenvalue weighted by Gasteiger charge is 2.48. The first-order chi connectivity index (χ1) is 19.8. The third-order valence-corrected chi connectivity index (χ3v) is 10.4. The smallest absolute Gasteiger partial charge is 0.0718 e. The molecule has 0 saturated heterocycles. The van der Waals surface area contributed by atoms with Gasteiger partial charge in [0, 0.05) is 20.2 Å². The zero-order chi connectivity index (χ0) is 26.3. The summed E-state index contributed by atoms with van der Waals surface area (Å²) in [5.74, 6) is 0. The van der Waals surface area contributed by atoms with Gasteiger partial charge in [0.15, 0.2) is 0 Å². The molecular formula is C39H26S. The van der Waals surface area contributed by atoms with Gasteiger partial charge in [-0.25, -0.2) is 0 Å². The summed E-state index contributed by atoms with van der Waals surface area (Å²) >= 11 is 1.88. The van der Waals surface area contributed by atoms with E-state index >= 15 is 0 Å². The van der Waals surface area contributed by atoms with Crippen molar-refractivity contribution in [3.8, 4) is 22.3 Å². The molecule has 0 amide bonds. The number of rotatable bonds is 1. The fourth-order valence-corrected chi connectivity index (χ4v) is 8.66. The molecule has 188 valence electrons. The van der Waals surface area contributed by atoms with Crippen molar-refractivity contribution in [1.82, 2.24) is 0 Å². The molecule has 0 aliphatic heterocycles. The van der Waals surface area contributed by atoms with E-state index in [4.69, 9.17) is 0 Å². The first-order valence-corrected chi connectivity index (χ1v) is 15.0. The van der Waals surface area contributed by atoms with Crippen molar-refractivity contribution in [3.63, 3.8) is 0 Å². The molecule has 0 saturated carbocycles. The molecule has 6 aromatic carbocycles. The summed E-state index contributed by atoms with van der Waals surface area (Å²) in [6.07, 6.45) is 2.14. The van der Waals surface area contributed by atoms with E-state index < -0.39 is 0 Å². The van der Waals surface area contributed by atoms with Crippen molar-refractivity contribution in [1.29, 1.82) is 0 Å². The second kappa shape index (κ2) is 8.27. The van der Waals surface area contributed by atoms with Crippen LogP contribution in [0.4, 0.5) is 0 Å². The fraction of sp³-hybridized carbons (Fsp3) is 0.0769. The number of aryl methyl sites for hydroxylation is 2. The van der Waals surface area contributed by atoms with Gasteiger partial charge < -0.3 is 0 Å². The summed E-state index contributed by atoms with van der Waals surface area (Å²) in [5.41, 5.74) is 13.6. The summed E-state index contributed by atoms with van der Waals surface area (Å²) < 4.78 is 2.70. The zero-order valence-electron chi connectivity index (χ0n) is 22.0. The van der Waals surface area contributed by atoms with Crippen molar-refractivity contribution in [2.45, 2.75) is 18.3 Å². The van der Waals surface area contributed by atoms with Crippen LogP contribution in [0.25, 0.3) is 42.4 Å². The van der Waals surface area contributed by atoms with E-state index in [1.807, 2.05) is 11.3 Å². The molecule has 9 rings (SSSR count). The van der Waals surface area contributed by atoms with Gasteiger partial charge in [-0.2, -0.15) is 0 Å². The Kier molecular flexibility index (Phi) is 4.62. The molecule has 1 heterocycles. The van der Waals surface area contributed by atoms with Gasteiger partial charge in [-0.1, -0.05) is 109 Å². The molecule has 0 radical (unpaired) electrons. The standard InChI is InChI=1S/C39H26S/c1-5-13-33-25(9-1)17-18-26-10-2-6-14-34(26)39(33)35-15-7-3-11-29(35)31-23-27(19-21-36(31)39)28-20-22-38-32(24-28)30-12-4-8-16-37(30)40-38/h1-16,19-24H,17-18H2. The Bertz CT molecular complexity index is 2080. The van der Waals surface area contributed by atoms with Crippen LogP contribution < -0.4 is 0 Å². The summed E-state index contributed by atoms with van der Waals surface area (Å²) in [6.45, 7) is 0. The van der Waals surface area contributed by atoms with Crippen LogP contribution in [-0.4, -0.2) is 0 Å². The minimum atomic E-state index is -0.304. The van der Waals surface area contributed by atoms with Crippen LogP contribution in [0, 0.1) is 0 Å². The number of hydrogen-bond donors (Lipinski definition) is 0. The number of benzene rings is 6. The summed E-state index contributed by atoms with van der Waals surface area (Å²) in [4.78, 5) is 0.